The molecule has 3 aromatic heterocycles. The second-order valence-electron chi connectivity index (χ2n) is 15.3. The monoisotopic (exact) mass is 782 g/mol. The zero-order valence-corrected chi connectivity index (χ0v) is 32.3. The number of hydrogen-bond donors (Lipinski definition) is 2. The number of fused-ring (bicyclic) bond motifs is 1. The molecule has 17 heteroatoms. The van der Waals surface area contributed by atoms with Crippen LogP contribution in [0.3, 0.4) is 0 Å². The highest BCUT2D eigenvalue weighted by Crippen LogP contribution is 2.40. The van der Waals surface area contributed by atoms with E-state index in [0.717, 1.165) is 35.3 Å². The molecule has 4 aromatic rings. The average molecular weight is 783 g/mol. The van der Waals surface area contributed by atoms with Gasteiger partial charge in [-0.05, 0) is 104 Å². The van der Waals surface area contributed by atoms with E-state index in [1.165, 1.54) is 47.6 Å². The molecule has 2 N–H and O–H groups in total. The molecule has 56 heavy (non-hydrogen) atoms. The molecular formula is C39H45F3N6O8. The van der Waals surface area contributed by atoms with Crippen LogP contribution in [-0.2, 0) is 41.4 Å². The molecule has 0 amide bonds. The maximum absolute atomic E-state index is 13.6. The summed E-state index contributed by atoms with van der Waals surface area (Å²) in [6.07, 6.45) is -0.0689. The van der Waals surface area contributed by atoms with Gasteiger partial charge in [-0.1, -0.05) is 18.2 Å². The van der Waals surface area contributed by atoms with Gasteiger partial charge in [-0.2, -0.15) is 18.3 Å². The van der Waals surface area contributed by atoms with Gasteiger partial charge in [-0.25, -0.2) is 24.2 Å². The van der Waals surface area contributed by atoms with Crippen molar-refractivity contribution in [1.29, 1.82) is 0 Å². The van der Waals surface area contributed by atoms with Gasteiger partial charge in [-0.3, -0.25) is 14.6 Å². The number of carboxylic acids is 2. The molecule has 5 rings (SSSR count). The van der Waals surface area contributed by atoms with Gasteiger partial charge in [0.15, 0.2) is 5.82 Å². The molecule has 0 spiro atoms. The van der Waals surface area contributed by atoms with Crippen molar-refractivity contribution < 1.29 is 52.0 Å². The molecule has 0 radical (unpaired) electrons. The van der Waals surface area contributed by atoms with Crippen LogP contribution in [0.2, 0.25) is 0 Å². The Morgan fingerprint density at radius 2 is 1.45 bits per heavy atom. The van der Waals surface area contributed by atoms with E-state index in [1.54, 1.807) is 29.2 Å². The number of esters is 2. The molecule has 1 aliphatic heterocycles. The fourth-order valence-electron chi connectivity index (χ4n) is 5.51. The first-order chi connectivity index (χ1) is 26.0. The highest BCUT2D eigenvalue weighted by atomic mass is 19.4. The van der Waals surface area contributed by atoms with Gasteiger partial charge in [-0.15, -0.1) is 0 Å². The summed E-state index contributed by atoms with van der Waals surface area (Å²) in [5.74, 6) is -4.69. The number of imidazole rings is 1. The predicted molar refractivity (Wildman–Crippen MR) is 196 cm³/mol. The van der Waals surface area contributed by atoms with Crippen LogP contribution in [0.25, 0.3) is 17.8 Å². The summed E-state index contributed by atoms with van der Waals surface area (Å²) in [4.78, 5) is 59.4. The molecule has 0 saturated heterocycles. The van der Waals surface area contributed by atoms with E-state index in [-0.39, 0.29) is 5.56 Å². The summed E-state index contributed by atoms with van der Waals surface area (Å²) < 4.78 is 53.9. The van der Waals surface area contributed by atoms with Crippen LogP contribution in [0.1, 0.15) is 100 Å². The summed E-state index contributed by atoms with van der Waals surface area (Å²) in [5.41, 5.74) is 1.03. The predicted octanol–water partition coefficient (Wildman–Crippen LogP) is 6.66. The third-order valence-electron chi connectivity index (χ3n) is 8.46. The van der Waals surface area contributed by atoms with E-state index >= 15 is 0 Å². The van der Waals surface area contributed by atoms with E-state index in [9.17, 15) is 32.3 Å². The lowest BCUT2D eigenvalue weighted by molar-refractivity contribution is -0.193. The standard InChI is InChI=1S/C25H23F3N6.C14H22O8/c1-16-14-33(15-29-16)22-11-9-18(30-17(22)2)10-12-23-31-24-20(7-5-13-34(24)32-23)19-6-3-4-8-21(19)25(26,27)28;1-13(2,3)11(19)21-7(9(15)16)8(10(17)18)22-12(20)14(4,5)6/h3-4,6,8-12,14-15,20H,5,7,13H2,1-2H3;7-8H,1-6H3,(H,15,16)(H,17,18)/b12-10+;/t20-;7-,8-/m00/s1. The van der Waals surface area contributed by atoms with Gasteiger partial charge < -0.3 is 24.3 Å². The summed E-state index contributed by atoms with van der Waals surface area (Å²) in [6.45, 7) is 13.4. The molecule has 1 aliphatic rings. The number of pyridine rings is 1. The van der Waals surface area contributed by atoms with Crippen molar-refractivity contribution in [2.24, 2.45) is 10.8 Å². The number of aliphatic carboxylic acids is 2. The van der Waals surface area contributed by atoms with Crippen molar-refractivity contribution in [2.75, 3.05) is 0 Å². The topological polar surface area (TPSA) is 189 Å². The molecule has 0 unspecified atom stereocenters. The Bertz CT molecular complexity index is 2070. The number of halogens is 3. The number of nitrogens with zero attached hydrogens (tertiary/aromatic N) is 6. The Hall–Kier alpha value is -5.87. The quantitative estimate of drug-likeness (QED) is 0.172. The number of carbonyl (C=O) groups excluding carboxylic acids is 2. The van der Waals surface area contributed by atoms with Crippen molar-refractivity contribution >= 4 is 36.0 Å². The van der Waals surface area contributed by atoms with Gasteiger partial charge in [0.25, 0.3) is 0 Å². The number of ether oxygens (including phenoxy) is 2. The highest BCUT2D eigenvalue weighted by Gasteiger charge is 2.44. The second-order valence-corrected chi connectivity index (χ2v) is 15.3. The number of rotatable bonds is 9. The normalized spacial score (nSPS) is 15.6. The number of hydrogen-bond acceptors (Lipinski definition) is 10. The van der Waals surface area contributed by atoms with Gasteiger partial charge in [0, 0.05) is 18.7 Å². The number of carboxylic acid groups (broad SMARTS) is 2. The molecule has 300 valence electrons. The van der Waals surface area contributed by atoms with Crippen LogP contribution in [0.15, 0.2) is 48.9 Å². The van der Waals surface area contributed by atoms with Crippen molar-refractivity contribution in [2.45, 2.75) is 99.1 Å². The maximum Gasteiger partial charge on any atom is 0.416 e. The molecule has 4 heterocycles. The summed E-state index contributed by atoms with van der Waals surface area (Å²) in [5, 5.41) is 22.7. The van der Waals surface area contributed by atoms with Gasteiger partial charge in [0.2, 0.25) is 12.2 Å². The Balaban J connectivity index is 0.000000277. The van der Waals surface area contributed by atoms with Crippen LogP contribution < -0.4 is 0 Å². The minimum Gasteiger partial charge on any atom is -0.478 e. The van der Waals surface area contributed by atoms with Gasteiger partial charge >= 0.3 is 30.1 Å². The van der Waals surface area contributed by atoms with E-state index in [4.69, 9.17) is 19.7 Å². The molecular weight excluding hydrogens is 737 g/mol. The largest absolute Gasteiger partial charge is 0.478 e. The van der Waals surface area contributed by atoms with Crippen LogP contribution >= 0.6 is 0 Å². The van der Waals surface area contributed by atoms with Crippen LogP contribution in [0, 0.1) is 24.7 Å². The minimum atomic E-state index is -4.41. The third kappa shape index (κ3) is 10.7. The highest BCUT2D eigenvalue weighted by molar-refractivity contribution is 5.89. The smallest absolute Gasteiger partial charge is 0.416 e. The first kappa shape index (κ1) is 42.9. The van der Waals surface area contributed by atoms with Crippen molar-refractivity contribution in [1.82, 2.24) is 29.3 Å². The number of aromatic nitrogens is 6. The Morgan fingerprint density at radius 1 is 0.857 bits per heavy atom. The Labute approximate surface area is 321 Å². The summed E-state index contributed by atoms with van der Waals surface area (Å²) in [7, 11) is 0. The molecule has 14 nitrogen and oxygen atoms in total. The number of aryl methyl sites for hydroxylation is 3. The lowest BCUT2D eigenvalue weighted by atomic mass is 9.88. The van der Waals surface area contributed by atoms with E-state index in [1.807, 2.05) is 42.8 Å². The van der Waals surface area contributed by atoms with E-state index in [2.05, 4.69) is 20.1 Å². The first-order valence-electron chi connectivity index (χ1n) is 17.6. The molecule has 1 aromatic carbocycles. The minimum absolute atomic E-state index is 0.251. The lowest BCUT2D eigenvalue weighted by Gasteiger charge is -2.26. The number of benzene rings is 1. The Morgan fingerprint density at radius 3 is 1.95 bits per heavy atom. The van der Waals surface area contributed by atoms with Crippen molar-refractivity contribution in [3.8, 4) is 5.69 Å². The third-order valence-corrected chi connectivity index (χ3v) is 8.46. The van der Waals surface area contributed by atoms with E-state index in [0.29, 0.717) is 24.6 Å². The average Bonchev–Trinajstić information content (AvgIpc) is 3.73. The summed E-state index contributed by atoms with van der Waals surface area (Å²) in [6, 6.07) is 9.61. The second kappa shape index (κ2) is 16.9. The molecule has 3 atom stereocenters. The number of alkyl halides is 3. The fourth-order valence-corrected chi connectivity index (χ4v) is 5.51. The first-order valence-corrected chi connectivity index (χ1v) is 17.6. The van der Waals surface area contributed by atoms with Gasteiger partial charge in [0.05, 0.1) is 45.5 Å². The van der Waals surface area contributed by atoms with Crippen LogP contribution in [0.4, 0.5) is 13.2 Å². The van der Waals surface area contributed by atoms with Crippen molar-refractivity contribution in [3.63, 3.8) is 0 Å². The molecule has 0 bridgehead atoms. The number of carbonyl (C=O) groups is 4. The zero-order valence-electron chi connectivity index (χ0n) is 32.3. The SMILES string of the molecule is CC(C)(C)C(=O)O[C@H](C(=O)O)[C@H](OC(=O)C(C)(C)C)C(=O)O.Cc1cn(-c2ccc(/C=C/c3nc4n(n3)CCC[C@H]4c3ccccc3C(F)(F)F)nc2C)cn1. The summed E-state index contributed by atoms with van der Waals surface area (Å²) >= 11 is 0. The molecule has 0 aliphatic carbocycles. The Kier molecular flexibility index (Phi) is 12.9. The van der Waals surface area contributed by atoms with E-state index < -0.39 is 64.6 Å². The fraction of sp³-hybridized carbons (Fsp3) is 0.436. The van der Waals surface area contributed by atoms with Crippen LogP contribution in [0.5, 0.6) is 0 Å². The van der Waals surface area contributed by atoms with Gasteiger partial charge in [0.1, 0.15) is 5.82 Å². The maximum atomic E-state index is 13.6. The van der Waals surface area contributed by atoms with Crippen LogP contribution in [-0.4, -0.2) is 75.6 Å². The molecule has 0 saturated carbocycles. The van der Waals surface area contributed by atoms with Crippen molar-refractivity contribution in [3.05, 3.63) is 88.8 Å². The zero-order chi connectivity index (χ0) is 41.7. The lowest BCUT2D eigenvalue weighted by Crippen LogP contribution is -2.48. The molecule has 0 fully saturated rings.